The van der Waals surface area contributed by atoms with Gasteiger partial charge >= 0.3 is 11.8 Å². The van der Waals surface area contributed by atoms with Crippen molar-refractivity contribution in [2.24, 2.45) is 5.41 Å². The first-order valence-electron chi connectivity index (χ1n) is 6.44. The van der Waals surface area contributed by atoms with Crippen molar-refractivity contribution in [1.82, 2.24) is 5.32 Å². The fourth-order valence-corrected chi connectivity index (χ4v) is 1.57. The van der Waals surface area contributed by atoms with Crippen molar-refractivity contribution in [1.29, 1.82) is 0 Å². The minimum Gasteiger partial charge on any atom is -0.391 e. The predicted octanol–water partition coefficient (Wildman–Crippen LogP) is 2.08. The van der Waals surface area contributed by atoms with Crippen LogP contribution in [-0.2, 0) is 9.59 Å². The standard InChI is InChI=1S/C14H17ClF2N2O3/c1-14(2,3)11(20)6-18-12(21)13(22)19-10-5-9(17)8(16)4-7(10)15/h4-5,11,20H,6H2,1-3H3,(H,18,21)(H,19,22). The van der Waals surface area contributed by atoms with Crippen molar-refractivity contribution in [3.63, 3.8) is 0 Å². The molecule has 0 aromatic heterocycles. The molecule has 0 aliphatic rings. The molecule has 22 heavy (non-hydrogen) atoms. The van der Waals surface area contributed by atoms with Crippen molar-refractivity contribution < 1.29 is 23.5 Å². The Morgan fingerprint density at radius 2 is 1.77 bits per heavy atom. The van der Waals surface area contributed by atoms with Crippen molar-refractivity contribution >= 4 is 29.1 Å². The molecule has 1 unspecified atom stereocenters. The summed E-state index contributed by atoms with van der Waals surface area (Å²) in [6.07, 6.45) is -0.851. The molecule has 3 N–H and O–H groups in total. The summed E-state index contributed by atoms with van der Waals surface area (Å²) in [7, 11) is 0. The van der Waals surface area contributed by atoms with Gasteiger partial charge in [-0.2, -0.15) is 0 Å². The number of carbonyl (C=O) groups excluding carboxylic acids is 2. The van der Waals surface area contributed by atoms with Gasteiger partial charge in [0.2, 0.25) is 0 Å². The lowest BCUT2D eigenvalue weighted by Crippen LogP contribution is -2.43. The summed E-state index contributed by atoms with van der Waals surface area (Å²) >= 11 is 5.64. The van der Waals surface area contributed by atoms with Crippen molar-refractivity contribution in [2.45, 2.75) is 26.9 Å². The largest absolute Gasteiger partial charge is 0.391 e. The molecule has 1 atom stereocenters. The summed E-state index contributed by atoms with van der Waals surface area (Å²) < 4.78 is 26.0. The fourth-order valence-electron chi connectivity index (χ4n) is 1.37. The lowest BCUT2D eigenvalue weighted by Gasteiger charge is -2.25. The summed E-state index contributed by atoms with van der Waals surface area (Å²) in [5.41, 5.74) is -0.690. The number of carbonyl (C=O) groups is 2. The second-order valence-corrected chi connectivity index (χ2v) is 6.20. The van der Waals surface area contributed by atoms with E-state index >= 15 is 0 Å². The van der Waals surface area contributed by atoms with Gasteiger partial charge in [-0.05, 0) is 11.5 Å². The van der Waals surface area contributed by atoms with E-state index in [0.29, 0.717) is 12.1 Å². The monoisotopic (exact) mass is 334 g/mol. The Bertz CT molecular complexity index is 588. The first-order valence-corrected chi connectivity index (χ1v) is 6.82. The zero-order chi connectivity index (χ0) is 17.1. The zero-order valence-corrected chi connectivity index (χ0v) is 13.1. The summed E-state index contributed by atoms with van der Waals surface area (Å²) in [4.78, 5) is 23.2. The van der Waals surface area contributed by atoms with Gasteiger partial charge in [0.25, 0.3) is 0 Å². The van der Waals surface area contributed by atoms with E-state index in [1.165, 1.54) is 0 Å². The number of anilines is 1. The van der Waals surface area contributed by atoms with Gasteiger partial charge in [-0.15, -0.1) is 0 Å². The molecule has 0 saturated carbocycles. The van der Waals surface area contributed by atoms with Crippen LogP contribution in [-0.4, -0.2) is 29.6 Å². The smallest absolute Gasteiger partial charge is 0.313 e. The van der Waals surface area contributed by atoms with Gasteiger partial charge in [-0.1, -0.05) is 32.4 Å². The minimum absolute atomic E-state index is 0.124. The van der Waals surface area contributed by atoms with E-state index in [-0.39, 0.29) is 17.3 Å². The summed E-state index contributed by atoms with van der Waals surface area (Å²) in [5.74, 6) is -4.50. The topological polar surface area (TPSA) is 78.4 Å². The molecular formula is C14H17ClF2N2O3. The average Bonchev–Trinajstić information content (AvgIpc) is 2.40. The Labute approximate surface area is 131 Å². The average molecular weight is 335 g/mol. The van der Waals surface area contributed by atoms with E-state index in [0.717, 1.165) is 0 Å². The number of hydrogen-bond acceptors (Lipinski definition) is 3. The highest BCUT2D eigenvalue weighted by Gasteiger charge is 2.24. The molecule has 0 spiro atoms. The first-order chi connectivity index (χ1) is 10.0. The Hall–Kier alpha value is -1.73. The molecule has 0 saturated heterocycles. The molecule has 1 rings (SSSR count). The van der Waals surface area contributed by atoms with Gasteiger partial charge < -0.3 is 15.7 Å². The quantitative estimate of drug-likeness (QED) is 0.585. The molecule has 0 heterocycles. The van der Waals surface area contributed by atoms with Crippen LogP contribution in [0.4, 0.5) is 14.5 Å². The third-order valence-electron chi connectivity index (χ3n) is 2.92. The molecule has 0 fully saturated rings. The molecule has 0 radical (unpaired) electrons. The van der Waals surface area contributed by atoms with E-state index in [9.17, 15) is 23.5 Å². The second kappa shape index (κ2) is 7.02. The molecular weight excluding hydrogens is 318 g/mol. The maximum atomic E-state index is 13.1. The van der Waals surface area contributed by atoms with Crippen LogP contribution >= 0.6 is 11.6 Å². The Morgan fingerprint density at radius 1 is 1.23 bits per heavy atom. The summed E-state index contributed by atoms with van der Waals surface area (Å²) in [6.45, 7) is 5.18. The van der Waals surface area contributed by atoms with E-state index in [4.69, 9.17) is 11.6 Å². The van der Waals surface area contributed by atoms with E-state index in [1.54, 1.807) is 20.8 Å². The molecule has 8 heteroatoms. The van der Waals surface area contributed by atoms with Gasteiger partial charge in [0.05, 0.1) is 16.8 Å². The maximum Gasteiger partial charge on any atom is 0.313 e. The first kappa shape index (κ1) is 18.3. The number of rotatable bonds is 3. The molecule has 0 bridgehead atoms. The van der Waals surface area contributed by atoms with Crippen LogP contribution in [0.5, 0.6) is 0 Å². The number of benzene rings is 1. The molecule has 122 valence electrons. The van der Waals surface area contributed by atoms with E-state index in [1.807, 2.05) is 0 Å². The molecule has 1 aromatic rings. The van der Waals surface area contributed by atoms with Gasteiger partial charge in [0, 0.05) is 12.6 Å². The van der Waals surface area contributed by atoms with Crippen LogP contribution in [0, 0.1) is 17.0 Å². The van der Waals surface area contributed by atoms with Gasteiger partial charge in [0.15, 0.2) is 11.6 Å². The summed E-state index contributed by atoms with van der Waals surface area (Å²) in [6, 6.07) is 1.36. The molecule has 0 aliphatic carbocycles. The van der Waals surface area contributed by atoms with Crippen LogP contribution in [0.2, 0.25) is 5.02 Å². The lowest BCUT2D eigenvalue weighted by molar-refractivity contribution is -0.136. The van der Waals surface area contributed by atoms with Crippen molar-refractivity contribution in [3.05, 3.63) is 28.8 Å². The third kappa shape index (κ3) is 4.92. The van der Waals surface area contributed by atoms with Gasteiger partial charge in [0.1, 0.15) is 0 Å². The molecule has 0 aliphatic heterocycles. The highest BCUT2D eigenvalue weighted by Crippen LogP contribution is 2.24. The fraction of sp³-hybridized carbons (Fsp3) is 0.429. The molecule has 2 amide bonds. The highest BCUT2D eigenvalue weighted by molar-refractivity contribution is 6.41. The third-order valence-corrected chi connectivity index (χ3v) is 3.23. The molecule has 1 aromatic carbocycles. The summed E-state index contributed by atoms with van der Waals surface area (Å²) in [5, 5.41) is 13.8. The number of halogens is 3. The normalized spacial score (nSPS) is 12.7. The lowest BCUT2D eigenvalue weighted by atomic mass is 9.89. The minimum atomic E-state index is -1.21. The SMILES string of the molecule is CC(C)(C)C(O)CNC(=O)C(=O)Nc1cc(F)c(F)cc1Cl. The van der Waals surface area contributed by atoms with Crippen molar-refractivity contribution in [2.75, 3.05) is 11.9 Å². The Kier molecular flexibility index (Phi) is 5.85. The second-order valence-electron chi connectivity index (χ2n) is 5.79. The van der Waals surface area contributed by atoms with Crippen molar-refractivity contribution in [3.8, 4) is 0 Å². The predicted molar refractivity (Wildman–Crippen MR) is 78.5 cm³/mol. The Balaban J connectivity index is 2.66. The van der Waals surface area contributed by atoms with Crippen LogP contribution in [0.1, 0.15) is 20.8 Å². The zero-order valence-electron chi connectivity index (χ0n) is 12.3. The van der Waals surface area contributed by atoms with Crippen LogP contribution in [0.15, 0.2) is 12.1 Å². The maximum absolute atomic E-state index is 13.1. The van der Waals surface area contributed by atoms with Gasteiger partial charge in [-0.25, -0.2) is 8.78 Å². The molecule has 5 nitrogen and oxygen atoms in total. The van der Waals surface area contributed by atoms with E-state index < -0.39 is 35.0 Å². The Morgan fingerprint density at radius 3 is 2.32 bits per heavy atom. The van der Waals surface area contributed by atoms with Gasteiger partial charge in [-0.3, -0.25) is 9.59 Å². The number of aliphatic hydroxyl groups excluding tert-OH is 1. The number of hydrogen-bond donors (Lipinski definition) is 3. The number of aliphatic hydroxyl groups is 1. The highest BCUT2D eigenvalue weighted by atomic mass is 35.5. The van der Waals surface area contributed by atoms with E-state index in [2.05, 4.69) is 10.6 Å². The van der Waals surface area contributed by atoms with Crippen LogP contribution in [0.25, 0.3) is 0 Å². The number of amides is 2. The van der Waals surface area contributed by atoms with Crippen LogP contribution in [0.3, 0.4) is 0 Å². The number of nitrogens with one attached hydrogen (secondary N) is 2. The van der Waals surface area contributed by atoms with Crippen LogP contribution < -0.4 is 10.6 Å².